The van der Waals surface area contributed by atoms with Gasteiger partial charge in [-0.15, -0.1) is 11.8 Å². The smallest absolute Gasteiger partial charge is 0.353 e. The Morgan fingerprint density at radius 2 is 1.22 bits per heavy atom. The molecule has 2 rings (SSSR count). The second-order valence-electron chi connectivity index (χ2n) is 4.05. The van der Waals surface area contributed by atoms with Gasteiger partial charge < -0.3 is 5.11 Å². The molecule has 0 spiro atoms. The number of para-hydroxylation sites is 1. The average Bonchev–Trinajstić information content (AvgIpc) is 2.48. The van der Waals surface area contributed by atoms with E-state index >= 15 is 0 Å². The summed E-state index contributed by atoms with van der Waals surface area (Å²) in [5.74, 6) is 1.43. The number of phenolic OH excluding ortho intramolecular Hbond substituents is 1. The number of phenols is 1. The molecule has 0 aromatic heterocycles. The number of hydrogen-bond donors (Lipinski definition) is 3. The zero-order chi connectivity index (χ0) is 21.5. The number of hydrogen-bond acceptors (Lipinski definition) is 6. The zero-order valence-electron chi connectivity index (χ0n) is 13.7. The standard InChI is InChI=1S/C8H9ClS.C6H6O.2ClHO3S/c1-2-10-8-5-3-7(9)4-6-8;7-6-4-2-1-3-5-6;2*1-5(2,3)4/h3-6H,2H2,1H3;1-5,7H;2*(H,2,3,4). The van der Waals surface area contributed by atoms with Crippen LogP contribution in [0.25, 0.3) is 0 Å². The highest BCUT2D eigenvalue weighted by molar-refractivity contribution is 8.09. The van der Waals surface area contributed by atoms with E-state index < -0.39 is 18.7 Å². The van der Waals surface area contributed by atoms with Crippen molar-refractivity contribution in [2.45, 2.75) is 11.8 Å². The first kappa shape index (κ1) is 28.5. The van der Waals surface area contributed by atoms with Crippen molar-refractivity contribution in [3.63, 3.8) is 0 Å². The van der Waals surface area contributed by atoms with Gasteiger partial charge in [-0.05, 0) is 42.2 Å². The number of thioether (sulfide) groups is 1. The van der Waals surface area contributed by atoms with E-state index in [9.17, 15) is 0 Å². The van der Waals surface area contributed by atoms with Crippen LogP contribution in [-0.2, 0) is 18.7 Å². The molecular formula is C14H17Cl3O7S3. The fourth-order valence-corrected chi connectivity index (χ4v) is 1.91. The summed E-state index contributed by atoms with van der Waals surface area (Å²) in [4.78, 5) is 1.28. The van der Waals surface area contributed by atoms with Crippen LogP contribution in [0.1, 0.15) is 6.92 Å². The predicted molar refractivity (Wildman–Crippen MR) is 111 cm³/mol. The topological polar surface area (TPSA) is 129 Å². The molecule has 0 aliphatic carbocycles. The Bertz CT molecular complexity index is 782. The number of benzene rings is 2. The molecule has 0 heterocycles. The van der Waals surface area contributed by atoms with Gasteiger partial charge in [-0.2, -0.15) is 16.8 Å². The van der Waals surface area contributed by atoms with Crippen LogP contribution in [0, 0.1) is 0 Å². The SMILES string of the molecule is CCSc1ccc(Cl)cc1.O=S(=O)(O)Cl.O=S(=O)(O)Cl.Oc1ccccc1. The van der Waals surface area contributed by atoms with E-state index in [-0.39, 0.29) is 0 Å². The lowest BCUT2D eigenvalue weighted by atomic mass is 10.3. The summed E-state index contributed by atoms with van der Waals surface area (Å²) in [7, 11) is -0.273. The summed E-state index contributed by atoms with van der Waals surface area (Å²) in [5.41, 5.74) is 0. The maximum Gasteiger partial charge on any atom is 0.353 e. The van der Waals surface area contributed by atoms with Crippen LogP contribution in [-0.4, -0.2) is 36.8 Å². The largest absolute Gasteiger partial charge is 0.508 e. The Labute approximate surface area is 176 Å². The van der Waals surface area contributed by atoms with Crippen molar-refractivity contribution in [3.05, 3.63) is 59.6 Å². The van der Waals surface area contributed by atoms with Gasteiger partial charge in [0.05, 0.1) is 0 Å². The van der Waals surface area contributed by atoms with E-state index in [2.05, 4.69) is 28.3 Å². The third-order valence-electron chi connectivity index (χ3n) is 1.88. The van der Waals surface area contributed by atoms with Crippen molar-refractivity contribution >= 4 is 63.4 Å². The normalized spacial score (nSPS) is 10.1. The quantitative estimate of drug-likeness (QED) is 0.302. The molecule has 0 atom stereocenters. The molecule has 2 aromatic carbocycles. The van der Waals surface area contributed by atoms with E-state index in [0.29, 0.717) is 5.75 Å². The second kappa shape index (κ2) is 15.2. The first-order valence-electron chi connectivity index (χ1n) is 6.68. The summed E-state index contributed by atoms with van der Waals surface area (Å²) in [6, 6.07) is 16.6. The van der Waals surface area contributed by atoms with Crippen LogP contribution in [0.2, 0.25) is 5.02 Å². The van der Waals surface area contributed by atoms with Crippen molar-refractivity contribution in [1.29, 1.82) is 0 Å². The average molecular weight is 500 g/mol. The van der Waals surface area contributed by atoms with Crippen LogP contribution in [0.5, 0.6) is 5.75 Å². The van der Waals surface area contributed by atoms with Gasteiger partial charge in [-0.25, -0.2) is 0 Å². The molecule has 0 bridgehead atoms. The summed E-state index contributed by atoms with van der Waals surface area (Å²) >= 11 is 7.53. The van der Waals surface area contributed by atoms with Gasteiger partial charge in [0.15, 0.2) is 0 Å². The van der Waals surface area contributed by atoms with Gasteiger partial charge in [0.25, 0.3) is 0 Å². The van der Waals surface area contributed by atoms with Crippen LogP contribution in [0.4, 0.5) is 0 Å². The summed E-state index contributed by atoms with van der Waals surface area (Å²) in [6.07, 6.45) is 0. The van der Waals surface area contributed by atoms with Crippen molar-refractivity contribution < 1.29 is 31.0 Å². The lowest BCUT2D eigenvalue weighted by molar-refractivity contribution is 0.475. The minimum absolute atomic E-state index is 0.322. The molecule has 7 nitrogen and oxygen atoms in total. The first-order chi connectivity index (χ1) is 12.2. The third kappa shape index (κ3) is 33.3. The van der Waals surface area contributed by atoms with Crippen molar-refractivity contribution in [2.24, 2.45) is 0 Å². The molecule has 2 aromatic rings. The molecule has 0 unspecified atom stereocenters. The molecular weight excluding hydrogens is 483 g/mol. The molecule has 0 aliphatic heterocycles. The van der Waals surface area contributed by atoms with Crippen molar-refractivity contribution in [2.75, 3.05) is 5.75 Å². The highest BCUT2D eigenvalue weighted by Crippen LogP contribution is 2.19. The second-order valence-corrected chi connectivity index (χ2v) is 9.81. The molecule has 0 amide bonds. The number of rotatable bonds is 2. The highest BCUT2D eigenvalue weighted by atomic mass is 35.7. The molecule has 3 N–H and O–H groups in total. The van der Waals surface area contributed by atoms with Crippen LogP contribution in [0.15, 0.2) is 59.5 Å². The van der Waals surface area contributed by atoms with E-state index in [4.69, 9.17) is 42.6 Å². The van der Waals surface area contributed by atoms with Crippen LogP contribution < -0.4 is 0 Å². The van der Waals surface area contributed by atoms with Crippen molar-refractivity contribution in [1.82, 2.24) is 0 Å². The minimum Gasteiger partial charge on any atom is -0.508 e. The first-order valence-corrected chi connectivity index (χ1v) is 12.6. The van der Waals surface area contributed by atoms with Gasteiger partial charge in [0.1, 0.15) is 5.75 Å². The Morgan fingerprint density at radius 3 is 1.48 bits per heavy atom. The van der Waals surface area contributed by atoms with Crippen LogP contribution in [0.3, 0.4) is 0 Å². The molecule has 154 valence electrons. The maximum atomic E-state index is 8.95. The molecule has 0 radical (unpaired) electrons. The fourth-order valence-electron chi connectivity index (χ4n) is 1.13. The van der Waals surface area contributed by atoms with Gasteiger partial charge in [-0.3, -0.25) is 9.11 Å². The minimum atomic E-state index is -4.19. The van der Waals surface area contributed by atoms with Crippen molar-refractivity contribution in [3.8, 4) is 5.75 Å². The lowest BCUT2D eigenvalue weighted by Gasteiger charge is -1.95. The molecule has 0 saturated carbocycles. The summed E-state index contributed by atoms with van der Waals surface area (Å²) in [6.45, 7) is 2.14. The van der Waals surface area contributed by atoms with E-state index in [1.54, 1.807) is 24.3 Å². The Kier molecular flexibility index (Phi) is 16.1. The highest BCUT2D eigenvalue weighted by Gasteiger charge is 1.89. The van der Waals surface area contributed by atoms with Gasteiger partial charge in [0, 0.05) is 31.3 Å². The zero-order valence-corrected chi connectivity index (χ0v) is 18.5. The molecule has 27 heavy (non-hydrogen) atoms. The number of halogens is 3. The maximum absolute atomic E-state index is 8.95. The fraction of sp³-hybridized carbons (Fsp3) is 0.143. The Hall–Kier alpha value is -0.720. The molecule has 0 fully saturated rings. The van der Waals surface area contributed by atoms with Crippen LogP contribution >= 0.6 is 44.7 Å². The molecule has 0 saturated heterocycles. The van der Waals surface area contributed by atoms with E-state index in [0.717, 1.165) is 10.8 Å². The lowest BCUT2D eigenvalue weighted by Crippen LogP contribution is -1.77. The van der Waals surface area contributed by atoms with E-state index in [1.165, 1.54) is 4.90 Å². The van der Waals surface area contributed by atoms with Gasteiger partial charge in [-0.1, -0.05) is 36.7 Å². The summed E-state index contributed by atoms with van der Waals surface area (Å²) < 4.78 is 50.3. The monoisotopic (exact) mass is 498 g/mol. The third-order valence-corrected chi connectivity index (χ3v) is 3.03. The van der Waals surface area contributed by atoms with Gasteiger partial charge >= 0.3 is 18.7 Å². The number of aromatic hydroxyl groups is 1. The summed E-state index contributed by atoms with van der Waals surface area (Å²) in [5, 5.41) is 9.44. The predicted octanol–water partition coefficient (Wildman–Crippen LogP) is 4.90. The molecule has 13 heteroatoms. The van der Waals surface area contributed by atoms with E-state index in [1.807, 2.05) is 42.1 Å². The van der Waals surface area contributed by atoms with Gasteiger partial charge in [0.2, 0.25) is 0 Å². The Morgan fingerprint density at radius 1 is 0.852 bits per heavy atom. The molecule has 0 aliphatic rings. The Balaban J connectivity index is 0.